The first kappa shape index (κ1) is 10.3. The summed E-state index contributed by atoms with van der Waals surface area (Å²) in [6.45, 7) is 0. The first-order valence-corrected chi connectivity index (χ1v) is 2.80. The Balaban J connectivity index is 0.000001000. The van der Waals surface area contributed by atoms with Crippen molar-refractivity contribution in [3.05, 3.63) is 35.6 Å². The first-order valence-electron chi connectivity index (χ1n) is 2.80. The van der Waals surface area contributed by atoms with E-state index < -0.39 is 0 Å². The second-order valence-electron chi connectivity index (χ2n) is 1.92. The number of nitrogens with two attached hydrogens (primary N) is 1. The Labute approximate surface area is 81.1 Å². The summed E-state index contributed by atoms with van der Waals surface area (Å²) < 4.78 is 12.2. The third kappa shape index (κ3) is 2.83. The van der Waals surface area contributed by atoms with Crippen LogP contribution in [0.25, 0.3) is 0 Å². The van der Waals surface area contributed by atoms with Crippen molar-refractivity contribution >= 4 is 29.8 Å². The highest BCUT2D eigenvalue weighted by Gasteiger charge is 1.93. The van der Waals surface area contributed by atoms with Gasteiger partial charge in [-0.05, 0) is 24.3 Å². The highest BCUT2D eigenvalue weighted by molar-refractivity contribution is 14.0. The standard InChI is InChI=1S/C7H7FN2.HI/c8-6-3-1-5(2-4-6)7(9)10;/h1-4H,(H3,9,10);1H. The lowest BCUT2D eigenvalue weighted by molar-refractivity contribution is 0.628. The molecule has 0 fully saturated rings. The molecule has 0 heterocycles. The fourth-order valence-electron chi connectivity index (χ4n) is 0.629. The topological polar surface area (TPSA) is 49.9 Å². The van der Waals surface area contributed by atoms with Gasteiger partial charge in [0.05, 0.1) is 0 Å². The predicted molar refractivity (Wildman–Crippen MR) is 52.8 cm³/mol. The van der Waals surface area contributed by atoms with Crippen LogP contribution in [-0.4, -0.2) is 5.84 Å². The van der Waals surface area contributed by atoms with Gasteiger partial charge in [-0.15, -0.1) is 24.0 Å². The number of amidine groups is 1. The molecule has 0 radical (unpaired) electrons. The average molecular weight is 266 g/mol. The Morgan fingerprint density at radius 2 is 1.73 bits per heavy atom. The monoisotopic (exact) mass is 266 g/mol. The van der Waals surface area contributed by atoms with Crippen LogP contribution in [0.1, 0.15) is 5.56 Å². The van der Waals surface area contributed by atoms with E-state index in [2.05, 4.69) is 0 Å². The van der Waals surface area contributed by atoms with Gasteiger partial charge in [0.2, 0.25) is 0 Å². The third-order valence-electron chi connectivity index (χ3n) is 1.16. The Morgan fingerprint density at radius 3 is 2.09 bits per heavy atom. The van der Waals surface area contributed by atoms with E-state index in [0.29, 0.717) is 5.56 Å². The number of hydrogen-bond acceptors (Lipinski definition) is 1. The van der Waals surface area contributed by atoms with Crippen molar-refractivity contribution < 1.29 is 4.39 Å². The molecular weight excluding hydrogens is 258 g/mol. The number of halogens is 2. The van der Waals surface area contributed by atoms with Gasteiger partial charge in [0.25, 0.3) is 0 Å². The maximum atomic E-state index is 12.2. The molecule has 11 heavy (non-hydrogen) atoms. The fraction of sp³-hybridized carbons (Fsp3) is 0. The van der Waals surface area contributed by atoms with Gasteiger partial charge < -0.3 is 5.73 Å². The lowest BCUT2D eigenvalue weighted by atomic mass is 10.2. The molecule has 0 saturated carbocycles. The summed E-state index contributed by atoms with van der Waals surface area (Å²) in [6.07, 6.45) is 0. The summed E-state index contributed by atoms with van der Waals surface area (Å²) >= 11 is 0. The zero-order chi connectivity index (χ0) is 7.56. The number of nitrogen functional groups attached to an aromatic ring is 1. The van der Waals surface area contributed by atoms with Crippen LogP contribution in [0.5, 0.6) is 0 Å². The Kier molecular flexibility index (Phi) is 4.02. The van der Waals surface area contributed by atoms with E-state index >= 15 is 0 Å². The molecule has 0 aromatic heterocycles. The molecule has 0 unspecified atom stereocenters. The van der Waals surface area contributed by atoms with Crippen molar-refractivity contribution in [2.45, 2.75) is 0 Å². The molecule has 0 atom stereocenters. The number of nitrogens with one attached hydrogen (secondary N) is 1. The van der Waals surface area contributed by atoms with Gasteiger partial charge in [-0.3, -0.25) is 5.41 Å². The second-order valence-corrected chi connectivity index (χ2v) is 1.92. The minimum Gasteiger partial charge on any atom is -0.384 e. The van der Waals surface area contributed by atoms with Crippen molar-refractivity contribution in [2.75, 3.05) is 0 Å². The van der Waals surface area contributed by atoms with Gasteiger partial charge in [-0.1, -0.05) is 0 Å². The lowest BCUT2D eigenvalue weighted by Crippen LogP contribution is -2.10. The lowest BCUT2D eigenvalue weighted by Gasteiger charge is -1.94. The van der Waals surface area contributed by atoms with Crippen LogP contribution in [-0.2, 0) is 0 Å². The Morgan fingerprint density at radius 1 is 1.27 bits per heavy atom. The van der Waals surface area contributed by atoms with E-state index in [4.69, 9.17) is 11.1 Å². The largest absolute Gasteiger partial charge is 0.384 e. The van der Waals surface area contributed by atoms with Crippen LogP contribution >= 0.6 is 24.0 Å². The SMILES string of the molecule is I.N=C(N)c1ccc(F)cc1. The average Bonchev–Trinajstić information content (AvgIpc) is 1.88. The van der Waals surface area contributed by atoms with Crippen molar-refractivity contribution in [2.24, 2.45) is 5.73 Å². The molecule has 0 amide bonds. The zero-order valence-corrected chi connectivity index (χ0v) is 8.00. The molecule has 0 spiro atoms. The van der Waals surface area contributed by atoms with Crippen molar-refractivity contribution in [1.29, 1.82) is 5.41 Å². The van der Waals surface area contributed by atoms with Gasteiger partial charge in [0.15, 0.2) is 0 Å². The quantitative estimate of drug-likeness (QED) is 0.454. The molecular formula is C7H8FIN2. The Bertz CT molecular complexity index is 245. The summed E-state index contributed by atoms with van der Waals surface area (Å²) in [5, 5.41) is 6.96. The normalized spacial score (nSPS) is 8.45. The summed E-state index contributed by atoms with van der Waals surface area (Å²) in [5.41, 5.74) is 5.67. The number of rotatable bonds is 1. The molecule has 0 aliphatic carbocycles. The summed E-state index contributed by atoms with van der Waals surface area (Å²) in [4.78, 5) is 0. The van der Waals surface area contributed by atoms with E-state index in [1.54, 1.807) is 0 Å². The van der Waals surface area contributed by atoms with Crippen LogP contribution in [0, 0.1) is 11.2 Å². The van der Waals surface area contributed by atoms with E-state index in [-0.39, 0.29) is 35.6 Å². The maximum Gasteiger partial charge on any atom is 0.123 e. The fourth-order valence-corrected chi connectivity index (χ4v) is 0.629. The van der Waals surface area contributed by atoms with Crippen LogP contribution in [0.4, 0.5) is 4.39 Å². The van der Waals surface area contributed by atoms with Gasteiger partial charge in [0, 0.05) is 5.56 Å². The van der Waals surface area contributed by atoms with Gasteiger partial charge in [-0.25, -0.2) is 4.39 Å². The highest BCUT2D eigenvalue weighted by atomic mass is 127. The Hall–Kier alpha value is -0.650. The van der Waals surface area contributed by atoms with Gasteiger partial charge >= 0.3 is 0 Å². The van der Waals surface area contributed by atoms with Crippen LogP contribution in [0.2, 0.25) is 0 Å². The molecule has 1 rings (SSSR count). The minimum atomic E-state index is -0.315. The first-order chi connectivity index (χ1) is 4.70. The molecule has 0 aliphatic heterocycles. The van der Waals surface area contributed by atoms with Gasteiger partial charge in [0.1, 0.15) is 11.7 Å². The van der Waals surface area contributed by atoms with E-state index in [1.165, 1.54) is 24.3 Å². The molecule has 3 N–H and O–H groups in total. The summed E-state index contributed by atoms with van der Waals surface area (Å²) in [7, 11) is 0. The molecule has 0 bridgehead atoms. The molecule has 0 saturated heterocycles. The van der Waals surface area contributed by atoms with Gasteiger partial charge in [-0.2, -0.15) is 0 Å². The summed E-state index contributed by atoms with van der Waals surface area (Å²) in [5.74, 6) is -0.356. The molecule has 0 aliphatic rings. The maximum absolute atomic E-state index is 12.2. The van der Waals surface area contributed by atoms with E-state index in [9.17, 15) is 4.39 Å². The molecule has 60 valence electrons. The zero-order valence-electron chi connectivity index (χ0n) is 5.67. The van der Waals surface area contributed by atoms with E-state index in [0.717, 1.165) is 0 Å². The molecule has 2 nitrogen and oxygen atoms in total. The van der Waals surface area contributed by atoms with Crippen molar-refractivity contribution in [3.63, 3.8) is 0 Å². The summed E-state index contributed by atoms with van der Waals surface area (Å²) in [6, 6.07) is 5.49. The smallest absolute Gasteiger partial charge is 0.123 e. The highest BCUT2D eigenvalue weighted by Crippen LogP contribution is 2.00. The van der Waals surface area contributed by atoms with E-state index in [1.807, 2.05) is 0 Å². The second kappa shape index (κ2) is 4.27. The molecule has 1 aromatic rings. The number of hydrogen-bond donors (Lipinski definition) is 2. The van der Waals surface area contributed by atoms with Crippen LogP contribution < -0.4 is 5.73 Å². The third-order valence-corrected chi connectivity index (χ3v) is 1.16. The van der Waals surface area contributed by atoms with Crippen LogP contribution in [0.15, 0.2) is 24.3 Å². The number of benzene rings is 1. The van der Waals surface area contributed by atoms with Crippen molar-refractivity contribution in [3.8, 4) is 0 Å². The minimum absolute atomic E-state index is 0. The molecule has 1 aromatic carbocycles. The predicted octanol–water partition coefficient (Wildman–Crippen LogP) is 1.73. The molecule has 4 heteroatoms. The van der Waals surface area contributed by atoms with Crippen molar-refractivity contribution in [1.82, 2.24) is 0 Å². The van der Waals surface area contributed by atoms with Crippen LogP contribution in [0.3, 0.4) is 0 Å².